The van der Waals surface area contributed by atoms with Crippen LogP contribution in [-0.2, 0) is 179 Å². The fourth-order valence-electron chi connectivity index (χ4n) is 13.1. The van der Waals surface area contributed by atoms with E-state index in [0.29, 0.717) is 33.0 Å². The van der Waals surface area contributed by atoms with E-state index in [2.05, 4.69) is 107 Å². The van der Waals surface area contributed by atoms with Gasteiger partial charge in [-0.25, -0.2) is 0 Å². The number of epoxide rings is 1. The largest absolute Gasteiger partial charge is 0.795 e. The van der Waals surface area contributed by atoms with Crippen molar-refractivity contribution in [1.82, 2.24) is 0 Å². The molecule has 0 saturated carbocycles. The Bertz CT molecular complexity index is 3140. The third-order valence-electron chi connectivity index (χ3n) is 15.9. The van der Waals surface area contributed by atoms with Gasteiger partial charge in [0, 0.05) is 118 Å². The van der Waals surface area contributed by atoms with Crippen LogP contribution < -0.4 is 24.9 Å². The topological polar surface area (TPSA) is 599 Å². The predicted octanol–water partition coefficient (Wildman–Crippen LogP) is -1.48. The van der Waals surface area contributed by atoms with Crippen LogP contribution in [0.4, 0.5) is 0 Å². The summed E-state index contributed by atoms with van der Waals surface area (Å²) < 4.78 is 251. The molecular formula is C44H123NO51Si28-4. The third kappa shape index (κ3) is 28.2. The second-order valence-electron chi connectivity index (χ2n) is 30.1. The Morgan fingerprint density at radius 1 is 0.331 bits per heavy atom. The molecule has 19 rings (SSSR count). The van der Waals surface area contributed by atoms with Crippen molar-refractivity contribution in [1.29, 1.82) is 0 Å². The molecule has 0 aromatic carbocycles. The Morgan fingerprint density at radius 2 is 0.492 bits per heavy atom. The molecule has 0 aromatic heterocycles. The first-order valence-electron chi connectivity index (χ1n) is 39.1. The van der Waals surface area contributed by atoms with E-state index in [4.69, 9.17) is 129 Å². The van der Waals surface area contributed by atoms with Gasteiger partial charge in [-0.05, 0) is 60.9 Å². The molecule has 19 aliphatic heterocycles. The van der Waals surface area contributed by atoms with Crippen LogP contribution in [0.25, 0.3) is 0 Å². The molecule has 6 N–H and O–H groups in total. The van der Waals surface area contributed by atoms with Gasteiger partial charge in [-0.1, -0.05) is 53.0 Å². The molecule has 19 fully saturated rings. The van der Waals surface area contributed by atoms with E-state index >= 15 is 0 Å². The van der Waals surface area contributed by atoms with E-state index in [9.17, 15) is 38.4 Å². The average molecular weight is 2270 g/mol. The van der Waals surface area contributed by atoms with Crippen molar-refractivity contribution in [2.24, 2.45) is 5.73 Å². The zero-order valence-corrected chi connectivity index (χ0v) is 104. The van der Waals surface area contributed by atoms with E-state index in [0.717, 1.165) is 0 Å². The van der Waals surface area contributed by atoms with Crippen molar-refractivity contribution in [3.05, 3.63) is 38.4 Å². The van der Waals surface area contributed by atoms with Gasteiger partial charge in [0.05, 0.1) is 34.3 Å². The quantitative estimate of drug-likeness (QED) is 0.0709. The molecule has 0 radical (unpaired) electrons. The average Bonchev–Trinajstić information content (AvgIpc) is 0.866. The summed E-state index contributed by atoms with van der Waals surface area (Å²) in [5.41, 5.74) is 8.31. The molecule has 0 aliphatic carbocycles. The number of nitrogens with two attached hydrogens (primary N) is 1. The van der Waals surface area contributed by atoms with E-state index in [1.54, 1.807) is 111 Å². The Hall–Kier alpha value is 3.34. The van der Waals surface area contributed by atoms with E-state index in [1.807, 2.05) is 81.6 Å². The van der Waals surface area contributed by atoms with Crippen LogP contribution in [0.2, 0.25) is 137 Å². The maximum Gasteiger partial charge on any atom is 0.679 e. The Morgan fingerprint density at radius 3 is 0.669 bits per heavy atom. The summed E-state index contributed by atoms with van der Waals surface area (Å²) in [5.74, 6) is 0. The molecule has 19 aliphatic rings. The molecule has 19 heterocycles. The summed E-state index contributed by atoms with van der Waals surface area (Å²) in [5, 5.41) is 0. The maximum absolute atomic E-state index is 12.7. The molecule has 52 nitrogen and oxygen atoms in total. The van der Waals surface area contributed by atoms with E-state index in [1.165, 1.54) is 7.05 Å². The summed E-state index contributed by atoms with van der Waals surface area (Å²) in [6, 6.07) is 0. The van der Waals surface area contributed by atoms with E-state index < -0.39 is 247 Å². The number of ether oxygens (including phenoxy) is 1. The summed E-state index contributed by atoms with van der Waals surface area (Å²) >= 11 is 0. The van der Waals surface area contributed by atoms with Gasteiger partial charge >= 0.3 is 223 Å². The Kier molecular flexibility index (Phi) is 36.4. The van der Waals surface area contributed by atoms with Gasteiger partial charge in [0.25, 0.3) is 0 Å². The minimum atomic E-state index is -5.93. The van der Waals surface area contributed by atoms with Crippen LogP contribution in [0.1, 0.15) is 69.2 Å². The van der Waals surface area contributed by atoms with Crippen molar-refractivity contribution in [2.75, 3.05) is 40.1 Å². The lowest BCUT2D eigenvalue weighted by molar-refractivity contribution is -0.373. The van der Waals surface area contributed by atoms with Crippen LogP contribution in [0.3, 0.4) is 0 Å². The summed E-state index contributed by atoms with van der Waals surface area (Å²) in [7, 11) is -112. The predicted molar refractivity (Wildman–Crippen MR) is 466 cm³/mol. The van der Waals surface area contributed by atoms with Crippen molar-refractivity contribution in [3.63, 3.8) is 0 Å². The molecule has 124 heavy (non-hydrogen) atoms. The lowest BCUT2D eigenvalue weighted by Crippen LogP contribution is -2.94. The summed E-state index contributed by atoms with van der Waals surface area (Å²) in [6.45, 7) is 74.9. The molecule has 0 aromatic rings. The van der Waals surface area contributed by atoms with Crippen LogP contribution in [0.5, 0.6) is 0 Å². The fourth-order valence-corrected chi connectivity index (χ4v) is 139. The molecule has 80 heteroatoms. The molecular weight excluding hydrogens is 2140 g/mol. The highest BCUT2D eigenvalue weighted by molar-refractivity contribution is 7.05. The first-order chi connectivity index (χ1) is 56.3. The lowest BCUT2D eigenvalue weighted by atomic mass is 10.9. The van der Waals surface area contributed by atoms with Crippen molar-refractivity contribution >= 4 is 247 Å². The van der Waals surface area contributed by atoms with Gasteiger partial charge in [0.15, 0.2) is 0 Å². The molecule has 5 atom stereocenters. The highest BCUT2D eigenvalue weighted by Gasteiger charge is 2.85. The highest BCUT2D eigenvalue weighted by atomic mass is 28.7. The smallest absolute Gasteiger partial charge is 0.679 e. The van der Waals surface area contributed by atoms with Gasteiger partial charge < -0.3 is 230 Å². The number of rotatable bonds is 15. The van der Waals surface area contributed by atoms with Gasteiger partial charge in [0.1, 0.15) is 0 Å². The van der Waals surface area contributed by atoms with E-state index in [-0.39, 0.29) is 5.73 Å². The Balaban J connectivity index is 0.000000222. The van der Waals surface area contributed by atoms with Gasteiger partial charge in [-0.2, -0.15) is 6.92 Å². The molecule has 726 valence electrons. The molecule has 0 spiro atoms. The van der Waals surface area contributed by atoms with Crippen LogP contribution in [0.15, 0.2) is 24.6 Å². The maximum atomic E-state index is 12.7. The second-order valence-corrected chi connectivity index (χ2v) is 110. The molecule has 19 saturated heterocycles. The van der Waals surface area contributed by atoms with Crippen molar-refractivity contribution in [3.8, 4) is 0 Å². The first kappa shape index (κ1) is 114. The van der Waals surface area contributed by atoms with Gasteiger partial charge in [-0.15, -0.1) is 18.9 Å². The van der Waals surface area contributed by atoms with Gasteiger partial charge in [-0.3, -0.25) is 0 Å². The zero-order valence-electron chi connectivity index (χ0n) is 75.6. The highest BCUT2D eigenvalue weighted by Crippen LogP contribution is 2.53. The monoisotopic (exact) mass is 2270 g/mol. The van der Waals surface area contributed by atoms with Crippen LogP contribution in [-0.4, -0.2) is 312 Å². The first-order valence-corrected chi connectivity index (χ1v) is 97.9. The van der Waals surface area contributed by atoms with Crippen LogP contribution >= 0.6 is 0 Å². The Labute approximate surface area is 755 Å². The zero-order chi connectivity index (χ0) is 94.9. The lowest BCUT2D eigenvalue weighted by Gasteiger charge is -2.63. The van der Waals surface area contributed by atoms with Crippen molar-refractivity contribution in [2.45, 2.75) is 212 Å². The summed E-state index contributed by atoms with van der Waals surface area (Å²) in [4.78, 5) is 92.1. The normalized spacial score (nSPS) is 49.1. The number of hydrogen-bond donors (Lipinski definition) is 5. The minimum absolute atomic E-state index is 0.0262. The fraction of sp³-hybridized carbons (Fsp3) is 0.864. The van der Waals surface area contributed by atoms with Gasteiger partial charge in [0.2, 0.25) is 16.6 Å². The summed E-state index contributed by atoms with van der Waals surface area (Å²) in [6.07, 6.45) is 0. The third-order valence-corrected chi connectivity index (χ3v) is 121. The SMILES string of the molecule is C=C[Si](C)(C)C.C=C[Si](C)(C)O[Si]12O[Si]3(C)O[Si]4(C)O[Si]5(C)O[Si](C)(O3)O[Si](C)(O[Si](C)(O5)O[Si](C)(O4)O1)O2.CC.CC.CCO[Si](OCC)(OCC)OCC.CN.C[Si]12O[Si]3(C)O[Si]4(C)O[Si](C)(O1)O[Si]1(C)O[Si](C)(O2)O[Si](C)(O3)O[Si](O[Si](C)(C)C2CO2)(O4)O1.[CH2+]C.[CH2-]C.[O-][Si]12O[Si]3([O-])O[Si]4([O-])O[Si](O)(O1)O[Si]1([O-])O[Si](O)(O2)O[Si](O)(O3)O[Si](O)(O4)O1. The number of hydrogen-bond acceptors (Lipinski definition) is 52. The second kappa shape index (κ2) is 39.4. The molecule has 24 bridgehead atoms. The minimum Gasteiger partial charge on any atom is -0.795 e. The molecule has 0 amide bonds. The van der Waals surface area contributed by atoms with Crippen LogP contribution in [0, 0.1) is 13.8 Å². The van der Waals surface area contributed by atoms with Crippen molar-refractivity contribution < 1.29 is 217 Å². The molecule has 5 unspecified atom stereocenters. The standard InChI is InChI=1S/C11H30O14Si9.C11H30O13Si9.C8H20O4Si.C5H12Si.2C2H6.2C2H5.CH5N.H4O20Si8/c1-26(2,11-10-12-11)13-34-23-31(7)17-28(4)14-27(3)15-29(5,19-31)21-33(9,25-34)22-30(6,16-27)20-32(8,18-28)24-34;1-11-25(2,3)12-33-22-30(8)16-27(5)13-26(4)14-28(6,18-30)20-32(10,24-33)21-29(7,15-26)19-31(9,17-27)23-33;1-5-9-13(10-6-2,11-7-3)12-8-4;1-5-6(2,3)4;5*1-2;1-21-9-22(2)12-25(5)14-23(3,10-21)16-27(7)17-24(4,11-21)15-26(6,13-22)19-28(8,18-25)20-27/h11H,10H2,1-9H3;11H,1H2,2-10H3;5-8H2,1-4H3;5H,1H2,2-4H3;2*1-2H3;2*1H2,2H3;2H2,1H3;1-3,8H/q;;;;;;-1;+1;;-4.